The number of benzene rings is 1. The van der Waals surface area contributed by atoms with Crippen molar-refractivity contribution >= 4 is 17.8 Å². The van der Waals surface area contributed by atoms with Crippen molar-refractivity contribution in [3.05, 3.63) is 82.6 Å². The first-order valence-electron chi connectivity index (χ1n) is 10.5. The first-order chi connectivity index (χ1) is 17.8. The first kappa shape index (κ1) is 24.7. The number of hydrogen-bond donors (Lipinski definition) is 4. The van der Waals surface area contributed by atoms with Crippen molar-refractivity contribution < 1.29 is 50.2 Å². The molecule has 1 saturated heterocycles. The Morgan fingerprint density at radius 3 is 2.32 bits per heavy atom. The number of ether oxygens (including phenoxy) is 3. The van der Waals surface area contributed by atoms with Crippen molar-refractivity contribution in [2.45, 2.75) is 25.4 Å². The molecule has 4 N–H and O–H groups in total. The molecule has 1 aromatic heterocycles. The number of para-hydroxylation sites is 1. The number of fused-ring (bicyclic) bond motifs is 1. The minimum Gasteiger partial charge on any atom is -0.418 e. The lowest BCUT2D eigenvalue weighted by atomic mass is 10.2. The molecule has 1 fully saturated rings. The van der Waals surface area contributed by atoms with Crippen molar-refractivity contribution in [2.24, 2.45) is 0 Å². The van der Waals surface area contributed by atoms with E-state index in [2.05, 4.69) is 46.2 Å². The highest BCUT2D eigenvalue weighted by Crippen LogP contribution is 2.34. The summed E-state index contributed by atoms with van der Waals surface area (Å²) < 4.78 is 82.6. The molecule has 0 saturated carbocycles. The standard InChI is InChI=1S/C22H14F5N5O6/c1-20(30-13-7-10-6-11(8-14(13)31-20)37-22(26,27)36-10)32-18(34)16-9-28-19(35-16)29-17(33)12-4-2-3-5-15(12)38-21(23,24)25/h2-5,7-9,30-31H,1H3,(H,32,34)(H,28,29,33). The molecule has 1 aromatic carbocycles. The van der Waals surface area contributed by atoms with E-state index in [1.165, 1.54) is 31.2 Å². The van der Waals surface area contributed by atoms with Gasteiger partial charge >= 0.3 is 18.7 Å². The van der Waals surface area contributed by atoms with E-state index in [1.54, 1.807) is 0 Å². The number of rotatable bonds is 5. The van der Waals surface area contributed by atoms with Gasteiger partial charge in [0.05, 0.1) is 23.2 Å². The Kier molecular flexibility index (Phi) is 5.56. The summed E-state index contributed by atoms with van der Waals surface area (Å²) >= 11 is 0. The molecule has 198 valence electrons. The van der Waals surface area contributed by atoms with E-state index >= 15 is 0 Å². The number of nitrogens with one attached hydrogen (secondary N) is 4. The van der Waals surface area contributed by atoms with E-state index in [9.17, 15) is 31.5 Å². The predicted molar refractivity (Wildman–Crippen MR) is 114 cm³/mol. The number of alkyl halides is 5. The summed E-state index contributed by atoms with van der Waals surface area (Å²) in [4.78, 5) is 28.9. The van der Waals surface area contributed by atoms with Crippen LogP contribution in [0.3, 0.4) is 0 Å². The molecule has 3 heterocycles. The molecule has 2 aliphatic heterocycles. The molecule has 1 aliphatic carbocycles. The summed E-state index contributed by atoms with van der Waals surface area (Å²) in [5.74, 6) is -4.93. The van der Waals surface area contributed by atoms with E-state index in [-0.39, 0.29) is 28.7 Å². The molecule has 2 bridgehead atoms. The van der Waals surface area contributed by atoms with Gasteiger partial charge in [-0.1, -0.05) is 12.1 Å². The normalized spacial score (nSPS) is 18.4. The lowest BCUT2D eigenvalue weighted by Gasteiger charge is -2.26. The van der Waals surface area contributed by atoms with Crippen LogP contribution in [0.15, 0.2) is 75.7 Å². The van der Waals surface area contributed by atoms with Crippen molar-refractivity contribution in [3.8, 4) is 5.75 Å². The highest BCUT2D eigenvalue weighted by molar-refractivity contribution is 6.05. The molecule has 0 radical (unpaired) electrons. The van der Waals surface area contributed by atoms with Crippen molar-refractivity contribution in [1.29, 1.82) is 0 Å². The summed E-state index contributed by atoms with van der Waals surface area (Å²) in [5.41, 5.74) is 2.60. The van der Waals surface area contributed by atoms with Gasteiger partial charge in [-0.05, 0) is 24.8 Å². The van der Waals surface area contributed by atoms with Crippen LogP contribution >= 0.6 is 0 Å². The van der Waals surface area contributed by atoms with E-state index in [1.807, 2.05) is 0 Å². The molecule has 16 heteroatoms. The van der Waals surface area contributed by atoms with E-state index in [4.69, 9.17) is 4.42 Å². The molecule has 3 aliphatic rings. The second-order valence-corrected chi connectivity index (χ2v) is 7.99. The zero-order valence-corrected chi connectivity index (χ0v) is 18.8. The zero-order chi connectivity index (χ0) is 27.3. The van der Waals surface area contributed by atoms with Crippen molar-refractivity contribution in [1.82, 2.24) is 20.9 Å². The minimum absolute atomic E-state index is 0.275. The van der Waals surface area contributed by atoms with Crippen LogP contribution in [0.4, 0.5) is 28.0 Å². The zero-order valence-electron chi connectivity index (χ0n) is 18.8. The number of allylic oxidation sites excluding steroid dienone is 1. The largest absolute Gasteiger partial charge is 0.587 e. The lowest BCUT2D eigenvalue weighted by molar-refractivity contribution is -0.363. The highest BCUT2D eigenvalue weighted by Gasteiger charge is 2.43. The van der Waals surface area contributed by atoms with Crippen LogP contribution < -0.4 is 26.0 Å². The van der Waals surface area contributed by atoms with Gasteiger partial charge < -0.3 is 34.6 Å². The van der Waals surface area contributed by atoms with Gasteiger partial charge in [-0.3, -0.25) is 14.9 Å². The van der Waals surface area contributed by atoms with Crippen molar-refractivity contribution in [3.63, 3.8) is 0 Å². The van der Waals surface area contributed by atoms with Crippen molar-refractivity contribution in [2.75, 3.05) is 5.32 Å². The fourth-order valence-electron chi connectivity index (χ4n) is 3.60. The van der Waals surface area contributed by atoms with Gasteiger partial charge in [0.15, 0.2) is 17.3 Å². The van der Waals surface area contributed by atoms with Gasteiger partial charge in [-0.15, -0.1) is 22.0 Å². The second-order valence-electron chi connectivity index (χ2n) is 7.99. The first-order valence-corrected chi connectivity index (χ1v) is 10.5. The van der Waals surface area contributed by atoms with Crippen LogP contribution in [0.25, 0.3) is 0 Å². The average Bonchev–Trinajstić information content (AvgIpc) is 3.33. The van der Waals surface area contributed by atoms with Crippen LogP contribution in [-0.4, -0.2) is 35.2 Å². The maximum absolute atomic E-state index is 13.5. The number of aromatic nitrogens is 1. The number of anilines is 1. The van der Waals surface area contributed by atoms with Crippen LogP contribution in [0.1, 0.15) is 27.8 Å². The van der Waals surface area contributed by atoms with Crippen LogP contribution in [0.2, 0.25) is 0 Å². The highest BCUT2D eigenvalue weighted by atomic mass is 19.4. The number of oxazole rings is 1. The number of hydrogen-bond acceptors (Lipinski definition) is 9. The maximum Gasteiger partial charge on any atom is 0.587 e. The molecular formula is C22H14F5N5O6. The number of nitrogens with zero attached hydrogens (tertiary/aromatic N) is 1. The molecule has 11 nitrogen and oxygen atoms in total. The van der Waals surface area contributed by atoms with E-state index < -0.39 is 47.6 Å². The van der Waals surface area contributed by atoms with Gasteiger partial charge in [0, 0.05) is 12.2 Å². The Balaban J connectivity index is 1.25. The molecule has 0 spiro atoms. The lowest BCUT2D eigenvalue weighted by Crippen LogP contribution is -2.59. The number of halogens is 5. The minimum atomic E-state index is -5.02. The third-order valence-corrected chi connectivity index (χ3v) is 4.99. The van der Waals surface area contributed by atoms with Gasteiger partial charge in [0.25, 0.3) is 11.8 Å². The molecule has 0 atom stereocenters. The Labute approximate surface area is 208 Å². The summed E-state index contributed by atoms with van der Waals surface area (Å²) in [6.45, 7) is 1.51. The van der Waals surface area contributed by atoms with Crippen LogP contribution in [0, 0.1) is 0 Å². The van der Waals surface area contributed by atoms with E-state index in [0.717, 1.165) is 18.3 Å². The van der Waals surface area contributed by atoms with Crippen LogP contribution in [0.5, 0.6) is 5.75 Å². The summed E-state index contributed by atoms with van der Waals surface area (Å²) in [6, 6.07) is 4.14. The third kappa shape index (κ3) is 5.24. The summed E-state index contributed by atoms with van der Waals surface area (Å²) in [6.07, 6.45) is -5.47. The number of carbonyl (C=O) groups is 2. The topological polar surface area (TPSA) is 136 Å². The van der Waals surface area contributed by atoms with Gasteiger partial charge in [-0.2, -0.15) is 0 Å². The summed E-state index contributed by atoms with van der Waals surface area (Å²) in [7, 11) is 0. The quantitative estimate of drug-likeness (QED) is 0.334. The molecule has 0 unspecified atom stereocenters. The predicted octanol–water partition coefficient (Wildman–Crippen LogP) is 3.17. The Morgan fingerprint density at radius 1 is 1.05 bits per heavy atom. The molecule has 5 rings (SSSR count). The van der Waals surface area contributed by atoms with E-state index in [0.29, 0.717) is 0 Å². The number of carbonyl (C=O) groups excluding carboxylic acids is 2. The Hall–Kier alpha value is -4.98. The van der Waals surface area contributed by atoms with Gasteiger partial charge in [-0.25, -0.2) is 4.98 Å². The SMILES string of the molecule is CC1(NC(=O)c2cnc(NC(=O)c3ccccc3OC(F)(F)F)o2)NC2=CC3=C=C(C=C2N1)OC(F)(F)O3. The van der Waals surface area contributed by atoms with Gasteiger partial charge in [0.2, 0.25) is 5.76 Å². The Bertz CT molecular complexity index is 1430. The second kappa shape index (κ2) is 8.55. The molecule has 38 heavy (non-hydrogen) atoms. The third-order valence-electron chi connectivity index (χ3n) is 4.99. The van der Waals surface area contributed by atoms with Gasteiger partial charge in [0.1, 0.15) is 5.75 Å². The smallest absolute Gasteiger partial charge is 0.418 e. The number of amides is 2. The molecule has 2 aromatic rings. The fourth-order valence-corrected chi connectivity index (χ4v) is 3.60. The molecular weight excluding hydrogens is 525 g/mol. The maximum atomic E-state index is 13.5. The Morgan fingerprint density at radius 2 is 1.68 bits per heavy atom. The molecule has 2 amide bonds. The van der Waals surface area contributed by atoms with Crippen LogP contribution in [-0.2, 0) is 9.47 Å². The fraction of sp³-hybridized carbons (Fsp3) is 0.182. The monoisotopic (exact) mass is 539 g/mol. The average molecular weight is 539 g/mol. The summed E-state index contributed by atoms with van der Waals surface area (Å²) in [5, 5.41) is 10.5.